The van der Waals surface area contributed by atoms with Gasteiger partial charge in [-0.3, -0.25) is 10.6 Å². The van der Waals surface area contributed by atoms with Crippen LogP contribution in [-0.4, -0.2) is 9.55 Å². The van der Waals surface area contributed by atoms with Crippen LogP contribution < -0.4 is 10.6 Å². The maximum atomic E-state index is 5.33. The molecule has 0 saturated carbocycles. The molecule has 0 aliphatic carbocycles. The number of para-hydroxylation sites is 2. The summed E-state index contributed by atoms with van der Waals surface area (Å²) in [6.07, 6.45) is 2.42. The molecule has 2 atom stereocenters. The van der Waals surface area contributed by atoms with Gasteiger partial charge in [0.25, 0.3) is 0 Å². The number of hydrogen-bond donors (Lipinski definition) is 2. The molecule has 3 heterocycles. The Hall–Kier alpha value is -7.89. The summed E-state index contributed by atoms with van der Waals surface area (Å²) in [4.78, 5) is 5.33. The molecule has 4 heteroatoms. The van der Waals surface area contributed by atoms with Crippen LogP contribution in [-0.2, 0) is 0 Å². The molecule has 9 aromatic carbocycles. The fourth-order valence-electron chi connectivity index (χ4n) is 9.77. The van der Waals surface area contributed by atoms with E-state index < -0.39 is 0 Å². The van der Waals surface area contributed by atoms with Gasteiger partial charge in [0.1, 0.15) is 5.70 Å². The van der Waals surface area contributed by atoms with E-state index in [1.165, 1.54) is 66.3 Å². The molecule has 298 valence electrons. The molecular formula is C59H43N4+. The highest BCUT2D eigenvalue weighted by atomic mass is 15.2. The predicted octanol–water partition coefficient (Wildman–Crippen LogP) is 13.4. The molecule has 0 radical (unpaired) electrons. The van der Waals surface area contributed by atoms with Crippen LogP contribution in [0.5, 0.6) is 0 Å². The van der Waals surface area contributed by atoms with Gasteiger partial charge in [0, 0.05) is 49.3 Å². The quantitative estimate of drug-likeness (QED) is 0.158. The van der Waals surface area contributed by atoms with Gasteiger partial charge in [0.05, 0.1) is 28.3 Å². The van der Waals surface area contributed by atoms with Crippen LogP contribution in [0.2, 0.25) is 0 Å². The van der Waals surface area contributed by atoms with Gasteiger partial charge < -0.3 is 4.57 Å². The zero-order valence-corrected chi connectivity index (χ0v) is 34.6. The number of benzene rings is 9. The van der Waals surface area contributed by atoms with Crippen LogP contribution in [0.3, 0.4) is 0 Å². The Morgan fingerprint density at radius 1 is 0.429 bits per heavy atom. The van der Waals surface area contributed by atoms with Gasteiger partial charge in [0.15, 0.2) is 6.17 Å². The van der Waals surface area contributed by atoms with Crippen LogP contribution >= 0.6 is 0 Å². The minimum atomic E-state index is -0.0202. The summed E-state index contributed by atoms with van der Waals surface area (Å²) >= 11 is 0. The van der Waals surface area contributed by atoms with Gasteiger partial charge in [-0.25, -0.2) is 4.98 Å². The van der Waals surface area contributed by atoms with Crippen LogP contribution in [0, 0.1) is 0 Å². The molecule has 1 aliphatic heterocycles. The van der Waals surface area contributed by atoms with E-state index in [0.717, 1.165) is 38.8 Å². The molecule has 0 saturated heterocycles. The number of pyridine rings is 1. The molecule has 12 rings (SSSR count). The monoisotopic (exact) mass is 807 g/mol. The Bertz CT molecular complexity index is 3450. The lowest BCUT2D eigenvalue weighted by atomic mass is 9.91. The highest BCUT2D eigenvalue weighted by molar-refractivity contribution is 6.17. The second kappa shape index (κ2) is 15.5. The summed E-state index contributed by atoms with van der Waals surface area (Å²) in [5, 5.41) is 12.4. The number of hydrogen-bond acceptors (Lipinski definition) is 2. The van der Waals surface area contributed by atoms with Gasteiger partial charge in [0.2, 0.25) is 0 Å². The highest BCUT2D eigenvalue weighted by Gasteiger charge is 2.28. The number of rotatable bonds is 7. The lowest BCUT2D eigenvalue weighted by molar-refractivity contribution is -0.621. The molecule has 2 unspecified atom stereocenters. The van der Waals surface area contributed by atoms with Gasteiger partial charge in [-0.05, 0) is 88.5 Å². The molecule has 0 amide bonds. The van der Waals surface area contributed by atoms with Gasteiger partial charge in [-0.2, -0.15) is 0 Å². The van der Waals surface area contributed by atoms with Crippen LogP contribution in [0.15, 0.2) is 231 Å². The third-order valence-corrected chi connectivity index (χ3v) is 12.8. The van der Waals surface area contributed by atoms with Gasteiger partial charge in [-0.1, -0.05) is 170 Å². The number of aromatic nitrogens is 2. The van der Waals surface area contributed by atoms with E-state index in [1.54, 1.807) is 0 Å². The normalized spacial score (nSPS) is 15.3. The van der Waals surface area contributed by atoms with Crippen molar-refractivity contribution >= 4 is 49.2 Å². The SMILES string of the molecule is C1=C(c2ccc(-n3c4ccccc4c4ccccc43)cc2)[NH2+]C(c2ccccc2)NC1c1cccc(-c2ccc3nc(-c4ccccc4)c4cccc(-c5ccccc5)c4c3c2)c1. The Morgan fingerprint density at radius 2 is 1.00 bits per heavy atom. The lowest BCUT2D eigenvalue weighted by Gasteiger charge is -2.29. The number of nitrogens with one attached hydrogen (secondary N) is 1. The van der Waals surface area contributed by atoms with Crippen LogP contribution in [0.4, 0.5) is 0 Å². The first-order valence-corrected chi connectivity index (χ1v) is 21.8. The largest absolute Gasteiger partial charge is 0.309 e. The second-order valence-electron chi connectivity index (χ2n) is 16.5. The molecule has 2 aromatic heterocycles. The average Bonchev–Trinajstić information content (AvgIpc) is 3.71. The van der Waals surface area contributed by atoms with E-state index in [2.05, 4.69) is 246 Å². The van der Waals surface area contributed by atoms with Crippen molar-refractivity contribution in [1.82, 2.24) is 14.9 Å². The summed E-state index contributed by atoms with van der Waals surface area (Å²) in [5.41, 5.74) is 16.3. The summed E-state index contributed by atoms with van der Waals surface area (Å²) < 4.78 is 2.38. The number of nitrogens with two attached hydrogens (primary N) is 1. The van der Waals surface area contributed by atoms with Crippen molar-refractivity contribution in [2.24, 2.45) is 0 Å². The second-order valence-corrected chi connectivity index (χ2v) is 16.5. The van der Waals surface area contributed by atoms with E-state index in [-0.39, 0.29) is 12.2 Å². The van der Waals surface area contributed by atoms with Crippen LogP contribution in [0.1, 0.15) is 28.9 Å². The minimum absolute atomic E-state index is 0.0202. The first-order chi connectivity index (χ1) is 31.2. The van der Waals surface area contributed by atoms with Gasteiger partial charge in [-0.15, -0.1) is 0 Å². The zero-order chi connectivity index (χ0) is 41.7. The molecular weight excluding hydrogens is 765 g/mol. The summed E-state index contributed by atoms with van der Waals surface area (Å²) in [6.45, 7) is 0. The van der Waals surface area contributed by atoms with E-state index in [1.807, 2.05) is 0 Å². The van der Waals surface area contributed by atoms with E-state index >= 15 is 0 Å². The third kappa shape index (κ3) is 6.61. The number of fused-ring (bicyclic) bond motifs is 6. The maximum Gasteiger partial charge on any atom is 0.171 e. The van der Waals surface area contributed by atoms with Crippen molar-refractivity contribution in [2.75, 3.05) is 0 Å². The highest BCUT2D eigenvalue weighted by Crippen LogP contribution is 2.40. The predicted molar refractivity (Wildman–Crippen MR) is 261 cm³/mol. The minimum Gasteiger partial charge on any atom is -0.309 e. The topological polar surface area (TPSA) is 46.5 Å². The zero-order valence-electron chi connectivity index (χ0n) is 34.6. The van der Waals surface area contributed by atoms with Crippen molar-refractivity contribution in [3.8, 4) is 39.2 Å². The van der Waals surface area contributed by atoms with Crippen LogP contribution in [0.25, 0.3) is 88.4 Å². The first kappa shape index (κ1) is 36.9. The maximum absolute atomic E-state index is 5.33. The Balaban J connectivity index is 0.950. The van der Waals surface area contributed by atoms with E-state index in [0.29, 0.717) is 0 Å². The Labute approximate surface area is 366 Å². The fourth-order valence-corrected chi connectivity index (χ4v) is 9.77. The van der Waals surface area contributed by atoms with Crippen molar-refractivity contribution in [3.63, 3.8) is 0 Å². The smallest absolute Gasteiger partial charge is 0.171 e. The van der Waals surface area contributed by atoms with Crippen molar-refractivity contribution in [1.29, 1.82) is 0 Å². The molecule has 11 aromatic rings. The van der Waals surface area contributed by atoms with Crippen molar-refractivity contribution in [2.45, 2.75) is 12.2 Å². The number of quaternary nitrogens is 1. The van der Waals surface area contributed by atoms with Gasteiger partial charge >= 0.3 is 0 Å². The molecule has 0 fully saturated rings. The molecule has 63 heavy (non-hydrogen) atoms. The average molecular weight is 808 g/mol. The number of nitrogens with zero attached hydrogens (tertiary/aromatic N) is 2. The standard InChI is InChI=1S/C59H42N4/c1-4-16-39(17-5-1)47-26-15-27-50-57(47)51-37-44(32-35-52(51)60-58(50)41-18-6-2-7-19-41)43-22-14-23-45(36-43)54-38-53(61-59(62-54)42-20-8-3-9-21-42)40-30-33-46(34-31-40)63-55-28-12-10-24-48(55)49-25-11-13-29-56(49)63/h1-38,54,59,61-62H/p+1. The molecule has 0 spiro atoms. The van der Waals surface area contributed by atoms with E-state index in [9.17, 15) is 0 Å². The van der Waals surface area contributed by atoms with Crippen molar-refractivity contribution in [3.05, 3.63) is 247 Å². The lowest BCUT2D eigenvalue weighted by Crippen LogP contribution is -2.87. The summed E-state index contributed by atoms with van der Waals surface area (Å²) in [7, 11) is 0. The molecule has 0 bridgehead atoms. The van der Waals surface area contributed by atoms with Crippen molar-refractivity contribution < 1.29 is 5.32 Å². The third-order valence-electron chi connectivity index (χ3n) is 12.8. The first-order valence-electron chi connectivity index (χ1n) is 21.8. The fraction of sp³-hybridized carbons (Fsp3) is 0.0339. The Kier molecular flexibility index (Phi) is 9.11. The summed E-state index contributed by atoms with van der Waals surface area (Å²) in [5.74, 6) is 0. The molecule has 4 nitrogen and oxygen atoms in total. The molecule has 3 N–H and O–H groups in total. The Morgan fingerprint density at radius 3 is 1.73 bits per heavy atom. The van der Waals surface area contributed by atoms with E-state index in [4.69, 9.17) is 4.98 Å². The summed E-state index contributed by atoms with van der Waals surface area (Å²) in [6, 6.07) is 81.0. The molecule has 1 aliphatic rings.